The summed E-state index contributed by atoms with van der Waals surface area (Å²) in [5.41, 5.74) is 0.908. The van der Waals surface area contributed by atoms with Crippen molar-refractivity contribution in [2.45, 2.75) is 49.2 Å². The Bertz CT molecular complexity index is 1880. The van der Waals surface area contributed by atoms with Gasteiger partial charge in [-0.15, -0.1) is 24.8 Å². The molecular formula is C29H27Cl4F3N2O7S2. The number of hydrogen-bond donors (Lipinski definition) is 3. The van der Waals surface area contributed by atoms with Gasteiger partial charge in [0.15, 0.2) is 5.75 Å². The number of phenolic OH excluding ortho intramolecular Hbond substituents is 1. The number of nitrogens with one attached hydrogen (secondary N) is 1. The molecule has 0 aliphatic heterocycles. The number of benzene rings is 2. The predicted molar refractivity (Wildman–Crippen MR) is 173 cm³/mol. The Morgan fingerprint density at radius 3 is 2.38 bits per heavy atom. The van der Waals surface area contributed by atoms with Crippen molar-refractivity contribution >= 4 is 66.5 Å². The number of phenols is 1. The smallest absolute Gasteiger partial charge is 0.505 e. The van der Waals surface area contributed by atoms with Crippen LogP contribution in [0.1, 0.15) is 24.5 Å². The van der Waals surface area contributed by atoms with Crippen LogP contribution in [0.15, 0.2) is 86.9 Å². The van der Waals surface area contributed by atoms with Crippen molar-refractivity contribution in [3.8, 4) is 5.75 Å². The molecule has 2 aliphatic carbocycles. The lowest BCUT2D eigenvalue weighted by Crippen LogP contribution is -2.36. The molecule has 4 rings (SSSR count). The van der Waals surface area contributed by atoms with E-state index in [1.807, 2.05) is 0 Å². The van der Waals surface area contributed by atoms with Crippen LogP contribution in [-0.4, -0.2) is 55.7 Å². The van der Waals surface area contributed by atoms with Crippen LogP contribution in [0, 0.1) is 5.92 Å². The lowest BCUT2D eigenvalue weighted by molar-refractivity contribution is -0.339. The van der Waals surface area contributed by atoms with Crippen molar-refractivity contribution in [2.75, 3.05) is 6.54 Å². The van der Waals surface area contributed by atoms with E-state index in [0.717, 1.165) is 16.4 Å². The zero-order valence-corrected chi connectivity index (χ0v) is 28.8. The number of aliphatic hydroxyl groups is 1. The zero-order valence-electron chi connectivity index (χ0n) is 24.2. The number of ether oxygens (including phenoxy) is 1. The summed E-state index contributed by atoms with van der Waals surface area (Å²) in [4.78, 5) is -1.13. The first-order valence-electron chi connectivity index (χ1n) is 13.6. The minimum atomic E-state index is -4.94. The largest absolute Gasteiger partial charge is 0.523 e. The summed E-state index contributed by atoms with van der Waals surface area (Å²) in [5.74, 6) is -2.07. The molecular weight excluding hydrogens is 751 g/mol. The minimum absolute atomic E-state index is 0.0205. The second kappa shape index (κ2) is 14.7. The van der Waals surface area contributed by atoms with E-state index in [-0.39, 0.29) is 40.2 Å². The summed E-state index contributed by atoms with van der Waals surface area (Å²) in [5, 5.41) is 19.4. The molecule has 3 unspecified atom stereocenters. The summed E-state index contributed by atoms with van der Waals surface area (Å²) >= 11 is 24.0. The van der Waals surface area contributed by atoms with E-state index in [9.17, 15) is 40.2 Å². The van der Waals surface area contributed by atoms with Crippen LogP contribution in [0.25, 0.3) is 0 Å². The molecule has 18 heteroatoms. The number of aromatic hydroxyl groups is 1. The third-order valence-corrected chi connectivity index (χ3v) is 11.4. The normalized spacial score (nSPS) is 20.8. The van der Waals surface area contributed by atoms with Gasteiger partial charge in [0, 0.05) is 37.0 Å². The van der Waals surface area contributed by atoms with E-state index in [1.165, 1.54) is 43.4 Å². The number of sulfonamides is 2. The first kappa shape index (κ1) is 37.5. The second-order valence-corrected chi connectivity index (χ2v) is 16.1. The first-order chi connectivity index (χ1) is 21.8. The molecule has 0 saturated carbocycles. The van der Waals surface area contributed by atoms with Gasteiger partial charge in [0.05, 0.1) is 21.5 Å². The third-order valence-electron chi connectivity index (χ3n) is 7.05. The van der Waals surface area contributed by atoms with Crippen molar-refractivity contribution in [3.05, 3.63) is 103 Å². The minimum Gasteiger partial charge on any atom is -0.505 e. The molecule has 47 heavy (non-hydrogen) atoms. The van der Waals surface area contributed by atoms with Crippen LogP contribution in [0.3, 0.4) is 0 Å². The van der Waals surface area contributed by atoms with Crippen molar-refractivity contribution in [2.24, 2.45) is 5.92 Å². The van der Waals surface area contributed by atoms with Crippen LogP contribution >= 0.6 is 46.4 Å². The second-order valence-electron chi connectivity index (χ2n) is 10.6. The van der Waals surface area contributed by atoms with Gasteiger partial charge in [-0.2, -0.15) is 4.31 Å². The highest BCUT2D eigenvalue weighted by atomic mass is 35.5. The Labute approximate surface area is 289 Å². The average molecular weight is 778 g/mol. The van der Waals surface area contributed by atoms with Crippen molar-refractivity contribution in [3.63, 3.8) is 0 Å². The number of alkyl halides is 4. The first-order valence-corrected chi connectivity index (χ1v) is 18.1. The SMILES string of the molecule is CC1C=CC(CN(Cc2cccc(CNS(=O)(=O)c3cc(Cl)cc(Cl)c3O)c2)S(=O)(=O)C2=CC(Cl)CC(Cl)=C2O)=CC1OC(F)(F)F. The molecule has 0 radical (unpaired) electrons. The lowest BCUT2D eigenvalue weighted by atomic mass is 9.95. The molecule has 2 aromatic rings. The maximum Gasteiger partial charge on any atom is 0.523 e. The summed E-state index contributed by atoms with van der Waals surface area (Å²) < 4.78 is 100. The van der Waals surface area contributed by atoms with Crippen molar-refractivity contribution in [1.82, 2.24) is 9.03 Å². The van der Waals surface area contributed by atoms with E-state index in [0.29, 0.717) is 11.1 Å². The Balaban J connectivity index is 1.65. The molecule has 0 aromatic heterocycles. The monoisotopic (exact) mass is 776 g/mol. The van der Waals surface area contributed by atoms with Crippen LogP contribution in [0.5, 0.6) is 5.75 Å². The molecule has 9 nitrogen and oxygen atoms in total. The number of hydrogen-bond acceptors (Lipinski definition) is 7. The van der Waals surface area contributed by atoms with E-state index in [2.05, 4.69) is 9.46 Å². The highest BCUT2D eigenvalue weighted by Crippen LogP contribution is 2.36. The van der Waals surface area contributed by atoms with Crippen LogP contribution in [0.2, 0.25) is 10.0 Å². The van der Waals surface area contributed by atoms with Gasteiger partial charge in [0.1, 0.15) is 15.6 Å². The molecule has 2 aromatic carbocycles. The maximum absolute atomic E-state index is 14.0. The maximum atomic E-state index is 14.0. The number of nitrogens with zero attached hydrogens (tertiary/aromatic N) is 1. The summed E-state index contributed by atoms with van der Waals surface area (Å²) in [6.07, 6.45) is -1.15. The highest BCUT2D eigenvalue weighted by molar-refractivity contribution is 7.93. The average Bonchev–Trinajstić information content (AvgIpc) is 2.96. The van der Waals surface area contributed by atoms with Gasteiger partial charge in [-0.25, -0.2) is 21.6 Å². The Kier molecular flexibility index (Phi) is 11.7. The van der Waals surface area contributed by atoms with Crippen LogP contribution < -0.4 is 4.72 Å². The summed E-state index contributed by atoms with van der Waals surface area (Å²) in [7, 11) is -8.90. The van der Waals surface area contributed by atoms with Crippen LogP contribution in [0.4, 0.5) is 13.2 Å². The third kappa shape index (κ3) is 9.46. The zero-order chi connectivity index (χ0) is 34.9. The Hall–Kier alpha value is -2.27. The molecule has 0 fully saturated rings. The van der Waals surface area contributed by atoms with Gasteiger partial charge in [0.2, 0.25) is 20.0 Å². The topological polar surface area (TPSA) is 133 Å². The van der Waals surface area contributed by atoms with E-state index in [4.69, 9.17) is 46.4 Å². The number of halogens is 7. The lowest BCUT2D eigenvalue weighted by Gasteiger charge is -2.29. The van der Waals surface area contributed by atoms with Crippen molar-refractivity contribution in [1.29, 1.82) is 0 Å². The molecule has 0 heterocycles. The molecule has 0 amide bonds. The number of aliphatic hydroxyl groups excluding tert-OH is 1. The van der Waals surface area contributed by atoms with Crippen molar-refractivity contribution < 1.29 is 45.0 Å². The molecule has 3 N–H and O–H groups in total. The molecule has 3 atom stereocenters. The van der Waals surface area contributed by atoms with E-state index >= 15 is 0 Å². The van der Waals surface area contributed by atoms with Gasteiger partial charge in [-0.05, 0) is 34.9 Å². The highest BCUT2D eigenvalue weighted by Gasteiger charge is 2.37. The van der Waals surface area contributed by atoms with E-state index < -0.39 is 71.7 Å². The fourth-order valence-electron chi connectivity index (χ4n) is 4.73. The fraction of sp³-hybridized carbons (Fsp3) is 0.310. The quantitative estimate of drug-likeness (QED) is 0.205. The summed E-state index contributed by atoms with van der Waals surface area (Å²) in [6.45, 7) is 0.403. The predicted octanol–water partition coefficient (Wildman–Crippen LogP) is 7.25. The summed E-state index contributed by atoms with van der Waals surface area (Å²) in [6, 6.07) is 8.33. The Morgan fingerprint density at radius 1 is 1.02 bits per heavy atom. The molecule has 0 bridgehead atoms. The van der Waals surface area contributed by atoms with Gasteiger partial charge < -0.3 is 10.2 Å². The van der Waals surface area contributed by atoms with Gasteiger partial charge in [0.25, 0.3) is 0 Å². The van der Waals surface area contributed by atoms with Gasteiger partial charge in [-0.3, -0.25) is 4.74 Å². The van der Waals surface area contributed by atoms with Gasteiger partial charge in [-0.1, -0.05) is 84.2 Å². The molecule has 256 valence electrons. The molecule has 2 aliphatic rings. The number of allylic oxidation sites excluding steroid dienone is 2. The van der Waals surface area contributed by atoms with Gasteiger partial charge >= 0.3 is 6.36 Å². The Morgan fingerprint density at radius 2 is 1.70 bits per heavy atom. The number of rotatable bonds is 11. The molecule has 0 spiro atoms. The fourth-order valence-corrected chi connectivity index (χ4v) is 8.88. The van der Waals surface area contributed by atoms with Crippen LogP contribution in [-0.2, 0) is 37.9 Å². The molecule has 0 saturated heterocycles. The standard InChI is InChI=1S/C29H27Cl4F3N2O7S2/c1-16-5-6-19(8-24(16)45-29(34,35)36)15-38(47(43,44)26-12-21(31)10-23(33)28(26)40)14-18-4-2-3-17(7-18)13-37-46(41,42)25-11-20(30)9-22(32)27(25)39/h2-9,11-12,16,21,24,37,39-40H,10,13-15H2,1H3. The van der Waals surface area contributed by atoms with E-state index in [1.54, 1.807) is 12.1 Å².